The topological polar surface area (TPSA) is 367 Å². The number of hydrogen-bond acceptors (Lipinski definition) is 13. The number of primary amides is 1. The zero-order valence-corrected chi connectivity index (χ0v) is 50.3. The number of nitrogens with zero attached hydrogens (tertiary/aromatic N) is 2. The minimum atomic E-state index is -1.65. The quantitative estimate of drug-likeness (QED) is 0.0453. The number of nitrogens with one attached hydrogen (secondary N) is 7. The van der Waals surface area contributed by atoms with Crippen LogP contribution in [0.1, 0.15) is 67.9 Å². The third-order valence-corrected chi connectivity index (χ3v) is 15.7. The van der Waals surface area contributed by atoms with Crippen LogP contribution in [0.25, 0.3) is 10.9 Å². The number of aliphatic hydroxyl groups is 1. The summed E-state index contributed by atoms with van der Waals surface area (Å²) in [6.45, 7) is 3.10. The van der Waals surface area contributed by atoms with Crippen molar-refractivity contribution in [3.63, 3.8) is 0 Å². The van der Waals surface area contributed by atoms with E-state index in [1.54, 1.807) is 123 Å². The average Bonchev–Trinajstić information content (AvgIpc) is 3.31. The molecular formula is C66H82N12O11. The van der Waals surface area contributed by atoms with E-state index in [0.717, 1.165) is 15.8 Å². The van der Waals surface area contributed by atoms with Gasteiger partial charge in [-0.25, -0.2) is 0 Å². The molecule has 9 atom stereocenters. The molecule has 9 amide bonds. The maximum atomic E-state index is 15.6. The van der Waals surface area contributed by atoms with Gasteiger partial charge in [-0.15, -0.1) is 0 Å². The number of aromatic nitrogens is 1. The number of carbonyl (C=O) groups is 9. The van der Waals surface area contributed by atoms with Crippen molar-refractivity contribution in [2.75, 3.05) is 26.2 Å². The molecule has 23 heteroatoms. The summed E-state index contributed by atoms with van der Waals surface area (Å²) in [5, 5.41) is 38.4. The number of benzene rings is 5. The fraction of sp³-hybridized carbons (Fsp3) is 0.379. The number of nitrogens with two attached hydrogens (primary N) is 3. The maximum Gasteiger partial charge on any atom is 0.246 e. The number of unbranched alkanes of at least 4 members (excludes halogenated alkanes) is 1. The lowest BCUT2D eigenvalue weighted by molar-refractivity contribution is -0.148. The molecule has 5 aromatic carbocycles. The monoisotopic (exact) mass is 1220 g/mol. The highest BCUT2D eigenvalue weighted by Gasteiger charge is 2.41. The van der Waals surface area contributed by atoms with Crippen molar-refractivity contribution in [2.45, 2.75) is 127 Å². The Balaban J connectivity index is 1.40. The van der Waals surface area contributed by atoms with Crippen molar-refractivity contribution in [2.24, 2.45) is 23.1 Å². The largest absolute Gasteiger partial charge is 0.508 e. The highest BCUT2D eigenvalue weighted by atomic mass is 16.3. The zero-order valence-electron chi connectivity index (χ0n) is 50.3. The number of fused-ring (bicyclic) bond motifs is 1. The molecule has 0 aliphatic carbocycles. The van der Waals surface area contributed by atoms with Gasteiger partial charge < -0.3 is 74.1 Å². The predicted octanol–water partition coefficient (Wildman–Crippen LogP) is 1.31. The average molecular weight is 1220 g/mol. The molecule has 2 heterocycles. The number of rotatable bonds is 21. The molecule has 7 rings (SSSR count). The molecule has 1 aliphatic heterocycles. The fourth-order valence-corrected chi connectivity index (χ4v) is 10.8. The minimum absolute atomic E-state index is 0.00684. The molecule has 89 heavy (non-hydrogen) atoms. The first-order valence-electron chi connectivity index (χ1n) is 30.0. The molecule has 1 fully saturated rings. The van der Waals surface area contributed by atoms with Crippen molar-refractivity contribution < 1.29 is 53.4 Å². The van der Waals surface area contributed by atoms with Crippen LogP contribution in [0.4, 0.5) is 0 Å². The Kier molecular flexibility index (Phi) is 24.5. The predicted molar refractivity (Wildman–Crippen MR) is 335 cm³/mol. The van der Waals surface area contributed by atoms with Crippen molar-refractivity contribution in [3.8, 4) is 5.75 Å². The first-order valence-corrected chi connectivity index (χ1v) is 30.0. The fourth-order valence-electron chi connectivity index (χ4n) is 10.8. The van der Waals surface area contributed by atoms with Crippen LogP contribution in [0.5, 0.6) is 5.75 Å². The van der Waals surface area contributed by atoms with E-state index in [9.17, 15) is 24.6 Å². The van der Waals surface area contributed by atoms with Gasteiger partial charge in [-0.3, -0.25) is 43.2 Å². The van der Waals surface area contributed by atoms with E-state index >= 15 is 28.8 Å². The normalized spacial score (nSPS) is 20.0. The van der Waals surface area contributed by atoms with Gasteiger partial charge in [0.25, 0.3) is 0 Å². The Bertz CT molecular complexity index is 3370. The molecule has 0 spiro atoms. The first kappa shape index (κ1) is 67.1. The number of phenolic OH excluding ortho intramolecular Hbond substituents is 1. The molecule has 1 aromatic heterocycles. The Labute approximate surface area is 517 Å². The van der Waals surface area contributed by atoms with Crippen molar-refractivity contribution >= 4 is 64.1 Å². The Morgan fingerprint density at radius 3 is 1.81 bits per heavy atom. The zero-order chi connectivity index (χ0) is 64.1. The highest BCUT2D eigenvalue weighted by Crippen LogP contribution is 2.22. The van der Waals surface area contributed by atoms with E-state index in [4.69, 9.17) is 17.2 Å². The number of aromatic hydroxyl groups is 1. The number of amides is 9. The van der Waals surface area contributed by atoms with Gasteiger partial charge in [0.15, 0.2) is 0 Å². The summed E-state index contributed by atoms with van der Waals surface area (Å²) in [6, 6.07) is 27.7. The van der Waals surface area contributed by atoms with Gasteiger partial charge >= 0.3 is 0 Å². The summed E-state index contributed by atoms with van der Waals surface area (Å²) < 4.78 is 0. The standard InChI is InChI=1S/C66H82N12O11/c1-40(2)57-66(89)78(55(36-44-21-11-6-12-22-44)64(87)76-58(41(3)79)59(69)82)39-56(81)70-31-32-77(65(88)49(68)33-42-17-7-4-8-18-42)54(35-43-19-9-5-10-20-43)63(86)74-52(34-45-26-28-47(80)29-27-45)61(84)73-53(37-46-38-71-50-24-14-13-23-48(46)50)62(85)72-51(60(83)75-57)25-15-16-30-67/h4-14,17-24,26-29,38,40-41,49,51-55,57-58,71,79-80H,15-16,25,30-37,39,67-68H2,1-3H3,(H2,69,82)(H,70,81)(H,72,85)(H,73,84)(H,74,86)(H,75,83)(H,76,87)/t41-,49-,51+,52+,53-,54+,55+,57+,58+/m1/s1. The van der Waals surface area contributed by atoms with Crippen molar-refractivity contribution in [3.05, 3.63) is 174 Å². The lowest BCUT2D eigenvalue weighted by atomic mass is 9.97. The summed E-state index contributed by atoms with van der Waals surface area (Å²) >= 11 is 0. The summed E-state index contributed by atoms with van der Waals surface area (Å²) in [4.78, 5) is 139. The first-order chi connectivity index (χ1) is 42.7. The Morgan fingerprint density at radius 2 is 1.20 bits per heavy atom. The molecule has 0 bridgehead atoms. The van der Waals surface area contributed by atoms with Gasteiger partial charge in [0.05, 0.1) is 12.1 Å². The number of H-pyrrole nitrogens is 1. The van der Waals surface area contributed by atoms with Crippen molar-refractivity contribution in [1.82, 2.24) is 46.7 Å². The SMILES string of the molecule is CC(C)[C@@H]1NC(=O)[C@H](CCCCN)NC(=O)[C@@H](Cc2c[nH]c3ccccc23)NC(=O)[C@H](Cc2ccc(O)cc2)NC(=O)[C@H](Cc2ccccc2)N(C(=O)[C@H](N)Cc2ccccc2)CCNC(=O)CN([C@@H](Cc2ccccc2)C(=O)N[C@H](C(N)=O)[C@@H](C)O)C1=O. The van der Waals surface area contributed by atoms with Gasteiger partial charge in [0, 0.05) is 55.9 Å². The van der Waals surface area contributed by atoms with Gasteiger partial charge in [-0.05, 0) is 91.1 Å². The number of para-hydroxylation sites is 1. The van der Waals surface area contributed by atoms with Crippen LogP contribution in [0, 0.1) is 5.92 Å². The van der Waals surface area contributed by atoms with E-state index in [1.807, 2.05) is 24.3 Å². The van der Waals surface area contributed by atoms with Crippen LogP contribution in [-0.2, 0) is 75.3 Å². The summed E-state index contributed by atoms with van der Waals surface area (Å²) in [7, 11) is 0. The number of aliphatic hydroxyl groups excluding tert-OH is 1. The number of hydrogen-bond donors (Lipinski definition) is 12. The molecule has 6 aromatic rings. The third-order valence-electron chi connectivity index (χ3n) is 15.7. The Hall–Kier alpha value is -9.45. The van der Waals surface area contributed by atoms with Gasteiger partial charge in [0.2, 0.25) is 53.2 Å². The number of aromatic amines is 1. The van der Waals surface area contributed by atoms with Crippen LogP contribution in [0.2, 0.25) is 0 Å². The van der Waals surface area contributed by atoms with Gasteiger partial charge in [-0.2, -0.15) is 0 Å². The van der Waals surface area contributed by atoms with Crippen LogP contribution in [0.3, 0.4) is 0 Å². The molecule has 1 aliphatic rings. The third kappa shape index (κ3) is 19.0. The molecule has 0 saturated carbocycles. The Morgan fingerprint density at radius 1 is 0.652 bits per heavy atom. The van der Waals surface area contributed by atoms with E-state index < -0.39 is 120 Å². The van der Waals surface area contributed by atoms with Crippen LogP contribution >= 0.6 is 0 Å². The highest BCUT2D eigenvalue weighted by molar-refractivity contribution is 5.99. The second kappa shape index (κ2) is 32.5. The second-order valence-electron chi connectivity index (χ2n) is 22.8. The molecule has 472 valence electrons. The van der Waals surface area contributed by atoms with E-state index in [-0.39, 0.29) is 63.9 Å². The molecule has 15 N–H and O–H groups in total. The molecule has 0 radical (unpaired) electrons. The number of phenols is 1. The second-order valence-corrected chi connectivity index (χ2v) is 22.8. The van der Waals surface area contributed by atoms with Crippen LogP contribution in [-0.4, -0.2) is 159 Å². The van der Waals surface area contributed by atoms with Gasteiger partial charge in [-0.1, -0.05) is 135 Å². The smallest absolute Gasteiger partial charge is 0.246 e. The summed E-state index contributed by atoms with van der Waals surface area (Å²) in [5.74, 6) is -8.72. The summed E-state index contributed by atoms with van der Waals surface area (Å²) in [6.07, 6.45) is 0.226. The molecule has 1 saturated heterocycles. The van der Waals surface area contributed by atoms with Crippen LogP contribution < -0.4 is 49.1 Å². The minimum Gasteiger partial charge on any atom is -0.508 e. The maximum absolute atomic E-state index is 15.6. The molecule has 0 unspecified atom stereocenters. The van der Waals surface area contributed by atoms with Gasteiger partial charge in [0.1, 0.15) is 54.6 Å². The number of carbonyl (C=O) groups excluding carboxylic acids is 9. The van der Waals surface area contributed by atoms with E-state index in [1.165, 1.54) is 24.0 Å². The summed E-state index contributed by atoms with van der Waals surface area (Å²) in [5.41, 5.74) is 22.0. The lowest BCUT2D eigenvalue weighted by Crippen LogP contribution is -2.63. The molecule has 23 nitrogen and oxygen atoms in total. The van der Waals surface area contributed by atoms with Crippen molar-refractivity contribution in [1.29, 1.82) is 0 Å². The lowest BCUT2D eigenvalue weighted by Gasteiger charge is -2.36. The molecular weight excluding hydrogens is 1140 g/mol. The van der Waals surface area contributed by atoms with Crippen LogP contribution in [0.15, 0.2) is 146 Å². The van der Waals surface area contributed by atoms with E-state index in [0.29, 0.717) is 40.7 Å². The van der Waals surface area contributed by atoms with E-state index in [2.05, 4.69) is 36.9 Å².